The molecule has 2 nitrogen and oxygen atoms in total. The van der Waals surface area contributed by atoms with E-state index in [1.54, 1.807) is 0 Å². The highest BCUT2D eigenvalue weighted by molar-refractivity contribution is 6.17. The van der Waals surface area contributed by atoms with Crippen LogP contribution in [-0.2, 0) is 6.54 Å². The van der Waals surface area contributed by atoms with Gasteiger partial charge >= 0.3 is 0 Å². The van der Waals surface area contributed by atoms with Gasteiger partial charge in [-0.15, -0.1) is 11.6 Å². The summed E-state index contributed by atoms with van der Waals surface area (Å²) in [6.07, 6.45) is 4.05. The second kappa shape index (κ2) is 6.58. The van der Waals surface area contributed by atoms with Gasteiger partial charge in [-0.1, -0.05) is 24.3 Å². The molecule has 0 aliphatic carbocycles. The second-order valence-electron chi connectivity index (χ2n) is 4.07. The molecule has 17 heavy (non-hydrogen) atoms. The van der Waals surface area contributed by atoms with Crippen LogP contribution < -0.4 is 5.32 Å². The largest absolute Gasteiger partial charge is 0.313 e. The number of pyridine rings is 1. The molecule has 0 radical (unpaired) electrons. The van der Waals surface area contributed by atoms with E-state index in [9.17, 15) is 0 Å². The summed E-state index contributed by atoms with van der Waals surface area (Å²) < 4.78 is 0. The van der Waals surface area contributed by atoms with E-state index < -0.39 is 0 Å². The lowest BCUT2D eigenvalue weighted by Crippen LogP contribution is -2.15. The Morgan fingerprint density at radius 3 is 2.88 bits per heavy atom. The third-order valence-corrected chi connectivity index (χ3v) is 3.04. The van der Waals surface area contributed by atoms with E-state index >= 15 is 0 Å². The third kappa shape index (κ3) is 3.42. The molecule has 0 bridgehead atoms. The Morgan fingerprint density at radius 1 is 1.12 bits per heavy atom. The van der Waals surface area contributed by atoms with E-state index in [0.717, 1.165) is 37.3 Å². The maximum Gasteiger partial charge on any atom is 0.0746 e. The van der Waals surface area contributed by atoms with Crippen molar-refractivity contribution in [2.75, 3.05) is 12.4 Å². The predicted octanol–water partition coefficient (Wildman–Crippen LogP) is 3.34. The lowest BCUT2D eigenvalue weighted by molar-refractivity contribution is 0.644. The Bertz CT molecular complexity index is 465. The second-order valence-corrected chi connectivity index (χ2v) is 4.44. The molecule has 0 amide bonds. The maximum atomic E-state index is 5.64. The van der Waals surface area contributed by atoms with Crippen LogP contribution in [0.15, 0.2) is 36.5 Å². The number of hydrogen-bond donors (Lipinski definition) is 1. The average Bonchev–Trinajstić information content (AvgIpc) is 2.39. The smallest absolute Gasteiger partial charge is 0.0746 e. The number of benzene rings is 1. The van der Waals surface area contributed by atoms with Crippen LogP contribution in [-0.4, -0.2) is 17.4 Å². The van der Waals surface area contributed by atoms with Gasteiger partial charge in [0, 0.05) is 24.0 Å². The quantitative estimate of drug-likeness (QED) is 0.627. The van der Waals surface area contributed by atoms with E-state index in [-0.39, 0.29) is 0 Å². The average molecular weight is 249 g/mol. The zero-order valence-electron chi connectivity index (χ0n) is 9.82. The maximum absolute atomic E-state index is 5.64. The number of aromatic nitrogens is 1. The molecule has 0 atom stereocenters. The Hall–Kier alpha value is -1.12. The lowest BCUT2D eigenvalue weighted by Gasteiger charge is -2.07. The summed E-state index contributed by atoms with van der Waals surface area (Å²) in [5.74, 6) is 0.748. The van der Waals surface area contributed by atoms with Crippen LogP contribution >= 0.6 is 11.6 Å². The first-order valence-corrected chi connectivity index (χ1v) is 6.54. The van der Waals surface area contributed by atoms with Crippen LogP contribution in [0.2, 0.25) is 0 Å². The molecule has 2 rings (SSSR count). The van der Waals surface area contributed by atoms with E-state index in [1.807, 2.05) is 12.3 Å². The molecule has 0 unspecified atom stereocenters. The predicted molar refractivity (Wildman–Crippen MR) is 73.4 cm³/mol. The van der Waals surface area contributed by atoms with Crippen molar-refractivity contribution in [1.82, 2.24) is 10.3 Å². The summed E-state index contributed by atoms with van der Waals surface area (Å²) in [4.78, 5) is 4.44. The molecular weight excluding hydrogens is 232 g/mol. The van der Waals surface area contributed by atoms with Crippen molar-refractivity contribution in [3.8, 4) is 0 Å². The summed E-state index contributed by atoms with van der Waals surface area (Å²) in [5.41, 5.74) is 2.36. The first-order valence-electron chi connectivity index (χ1n) is 6.01. The number of unbranched alkanes of at least 4 members (excludes halogenated alkanes) is 1. The van der Waals surface area contributed by atoms with Crippen molar-refractivity contribution in [3.05, 3.63) is 42.1 Å². The molecule has 90 valence electrons. The van der Waals surface area contributed by atoms with Gasteiger partial charge in [-0.05, 0) is 31.0 Å². The van der Waals surface area contributed by atoms with Crippen LogP contribution in [0.25, 0.3) is 10.9 Å². The fourth-order valence-electron chi connectivity index (χ4n) is 1.88. The van der Waals surface area contributed by atoms with Crippen molar-refractivity contribution >= 4 is 22.5 Å². The number of rotatable bonds is 6. The van der Waals surface area contributed by atoms with Gasteiger partial charge in [-0.25, -0.2) is 0 Å². The standard InChI is InChI=1S/C14H17ClN2/c15-8-1-2-9-16-11-13-6-3-5-12-7-4-10-17-14(12)13/h3-7,10,16H,1-2,8-9,11H2. The van der Waals surface area contributed by atoms with Gasteiger partial charge in [-0.3, -0.25) is 4.98 Å². The minimum Gasteiger partial charge on any atom is -0.313 e. The summed E-state index contributed by atoms with van der Waals surface area (Å²) in [5, 5.41) is 4.63. The number of nitrogens with one attached hydrogen (secondary N) is 1. The number of hydrogen-bond acceptors (Lipinski definition) is 2. The summed E-state index contributed by atoms with van der Waals surface area (Å²) in [6.45, 7) is 1.88. The van der Waals surface area contributed by atoms with E-state index in [2.05, 4.69) is 34.6 Å². The fourth-order valence-corrected chi connectivity index (χ4v) is 2.07. The highest BCUT2D eigenvalue weighted by Gasteiger charge is 2.00. The van der Waals surface area contributed by atoms with Crippen LogP contribution in [0.1, 0.15) is 18.4 Å². The molecule has 1 aromatic carbocycles. The number of nitrogens with zero attached hydrogens (tertiary/aromatic N) is 1. The number of fused-ring (bicyclic) bond motifs is 1. The normalized spacial score (nSPS) is 10.9. The highest BCUT2D eigenvalue weighted by atomic mass is 35.5. The SMILES string of the molecule is ClCCCCNCc1cccc2cccnc12. The van der Waals surface area contributed by atoms with Gasteiger partial charge in [-0.2, -0.15) is 0 Å². The van der Waals surface area contributed by atoms with E-state index in [0.29, 0.717) is 0 Å². The number of alkyl halides is 1. The highest BCUT2D eigenvalue weighted by Crippen LogP contribution is 2.15. The number of halogens is 1. The fraction of sp³-hybridized carbons (Fsp3) is 0.357. The van der Waals surface area contributed by atoms with Crippen molar-refractivity contribution in [2.24, 2.45) is 0 Å². The Morgan fingerprint density at radius 2 is 2.00 bits per heavy atom. The molecule has 1 aromatic heterocycles. The van der Waals surface area contributed by atoms with Crippen molar-refractivity contribution in [1.29, 1.82) is 0 Å². The molecule has 1 N–H and O–H groups in total. The van der Waals surface area contributed by atoms with Gasteiger partial charge in [0.25, 0.3) is 0 Å². The summed E-state index contributed by atoms with van der Waals surface area (Å²) in [7, 11) is 0. The molecule has 0 fully saturated rings. The molecule has 1 heterocycles. The summed E-state index contributed by atoms with van der Waals surface area (Å²) in [6, 6.07) is 10.4. The lowest BCUT2D eigenvalue weighted by atomic mass is 10.1. The minimum atomic E-state index is 0.748. The van der Waals surface area contributed by atoms with Crippen molar-refractivity contribution in [3.63, 3.8) is 0 Å². The Kier molecular flexibility index (Phi) is 4.77. The molecular formula is C14H17ClN2. The third-order valence-electron chi connectivity index (χ3n) is 2.77. The van der Waals surface area contributed by atoms with Crippen LogP contribution in [0, 0.1) is 0 Å². The van der Waals surface area contributed by atoms with Gasteiger partial charge < -0.3 is 5.32 Å². The van der Waals surface area contributed by atoms with Gasteiger partial charge in [0.05, 0.1) is 5.52 Å². The Balaban J connectivity index is 1.98. The minimum absolute atomic E-state index is 0.748. The molecule has 2 aromatic rings. The van der Waals surface area contributed by atoms with Crippen LogP contribution in [0.3, 0.4) is 0 Å². The monoisotopic (exact) mass is 248 g/mol. The first-order chi connectivity index (χ1) is 8.42. The molecule has 0 aliphatic rings. The Labute approximate surface area is 107 Å². The topological polar surface area (TPSA) is 24.9 Å². The zero-order chi connectivity index (χ0) is 11.9. The van der Waals surface area contributed by atoms with E-state index in [4.69, 9.17) is 11.6 Å². The van der Waals surface area contributed by atoms with Crippen molar-refractivity contribution < 1.29 is 0 Å². The van der Waals surface area contributed by atoms with Crippen LogP contribution in [0.5, 0.6) is 0 Å². The van der Waals surface area contributed by atoms with Gasteiger partial charge in [0.15, 0.2) is 0 Å². The molecule has 3 heteroatoms. The van der Waals surface area contributed by atoms with Gasteiger partial charge in [0.2, 0.25) is 0 Å². The summed E-state index contributed by atoms with van der Waals surface area (Å²) >= 11 is 5.64. The van der Waals surface area contributed by atoms with E-state index in [1.165, 1.54) is 10.9 Å². The molecule has 0 saturated heterocycles. The first kappa shape index (κ1) is 12.3. The van der Waals surface area contributed by atoms with Crippen LogP contribution in [0.4, 0.5) is 0 Å². The zero-order valence-corrected chi connectivity index (χ0v) is 10.6. The molecule has 0 aliphatic heterocycles. The molecule has 0 spiro atoms. The van der Waals surface area contributed by atoms with Crippen molar-refractivity contribution in [2.45, 2.75) is 19.4 Å². The van der Waals surface area contributed by atoms with Gasteiger partial charge in [0.1, 0.15) is 0 Å². The molecule has 0 saturated carbocycles. The number of para-hydroxylation sites is 1.